The van der Waals surface area contributed by atoms with Crippen LogP contribution in [0.2, 0.25) is 0 Å². The Hall–Kier alpha value is -1.50. The van der Waals surface area contributed by atoms with Crippen molar-refractivity contribution in [1.82, 2.24) is 30.4 Å². The van der Waals surface area contributed by atoms with E-state index >= 15 is 0 Å². The molecular weight excluding hydrogens is 268 g/mol. The minimum atomic E-state index is 0.166. The lowest BCUT2D eigenvalue weighted by Crippen LogP contribution is -2.40. The topological polar surface area (TPSA) is 75.9 Å². The molecule has 0 aliphatic carbocycles. The minimum absolute atomic E-state index is 0.166. The monoisotopic (exact) mass is 294 g/mol. The molecule has 0 aromatic carbocycles. The number of piperidine rings is 1. The molecular formula is C14H26N6O. The minimum Gasteiger partial charge on any atom is -0.356 e. The molecule has 2 rings (SSSR count). The predicted octanol–water partition coefficient (Wildman–Crippen LogP) is 0.821. The first-order valence-corrected chi connectivity index (χ1v) is 7.99. The highest BCUT2D eigenvalue weighted by atomic mass is 16.1. The molecule has 1 aromatic rings. The predicted molar refractivity (Wildman–Crippen MR) is 79.4 cm³/mol. The third-order valence-corrected chi connectivity index (χ3v) is 3.91. The number of hydrogen-bond acceptors (Lipinski definition) is 5. The summed E-state index contributed by atoms with van der Waals surface area (Å²) in [6.07, 6.45) is 3.86. The van der Waals surface area contributed by atoms with Crippen LogP contribution in [0.15, 0.2) is 0 Å². The molecule has 1 aliphatic rings. The maximum Gasteiger partial charge on any atom is 0.223 e. The van der Waals surface area contributed by atoms with E-state index in [1.54, 1.807) is 0 Å². The van der Waals surface area contributed by atoms with Gasteiger partial charge in [0.05, 0.1) is 6.54 Å². The second-order valence-electron chi connectivity index (χ2n) is 5.66. The molecule has 1 N–H and O–H groups in total. The first-order valence-electron chi connectivity index (χ1n) is 7.99. The lowest BCUT2D eigenvalue weighted by Gasteiger charge is -2.30. The second kappa shape index (κ2) is 8.07. The fraction of sp³-hybridized carbons (Fsp3) is 0.857. The summed E-state index contributed by atoms with van der Waals surface area (Å²) in [5, 5.41) is 14.9. The van der Waals surface area contributed by atoms with Crippen molar-refractivity contribution >= 4 is 5.91 Å². The first kappa shape index (κ1) is 15.9. The third kappa shape index (κ3) is 4.49. The Balaban J connectivity index is 1.78. The number of tetrazole rings is 1. The fourth-order valence-corrected chi connectivity index (χ4v) is 2.67. The molecule has 7 nitrogen and oxygen atoms in total. The Morgan fingerprint density at radius 3 is 2.71 bits per heavy atom. The van der Waals surface area contributed by atoms with Crippen LogP contribution in [0.5, 0.6) is 0 Å². The first-order chi connectivity index (χ1) is 10.2. The summed E-state index contributed by atoms with van der Waals surface area (Å²) in [6, 6.07) is 0. The molecule has 1 aliphatic heterocycles. The summed E-state index contributed by atoms with van der Waals surface area (Å²) >= 11 is 0. The van der Waals surface area contributed by atoms with Crippen LogP contribution in [0.25, 0.3) is 0 Å². The molecule has 2 heterocycles. The van der Waals surface area contributed by atoms with E-state index in [2.05, 4.69) is 39.6 Å². The summed E-state index contributed by atoms with van der Waals surface area (Å²) in [7, 11) is 0. The Kier molecular flexibility index (Phi) is 6.10. The highest BCUT2D eigenvalue weighted by molar-refractivity contribution is 5.78. The number of likely N-dealkylation sites (tertiary alicyclic amines) is 1. The maximum atomic E-state index is 12.0. The van der Waals surface area contributed by atoms with Crippen LogP contribution in [0.1, 0.15) is 45.4 Å². The van der Waals surface area contributed by atoms with E-state index in [1.807, 2.05) is 4.68 Å². The van der Waals surface area contributed by atoms with Crippen LogP contribution in [0.3, 0.4) is 0 Å². The quantitative estimate of drug-likeness (QED) is 0.806. The number of hydrogen-bond donors (Lipinski definition) is 1. The molecule has 0 bridgehead atoms. The number of carbonyl (C=O) groups excluding carboxylic acids is 1. The number of nitrogens with zero attached hydrogens (tertiary/aromatic N) is 5. The molecule has 7 heteroatoms. The average Bonchev–Trinajstić information content (AvgIpc) is 2.93. The van der Waals surface area contributed by atoms with Gasteiger partial charge in [-0.25, -0.2) is 4.68 Å². The standard InChI is InChI=1S/C14H26N6O/c1-3-7-15-14(21)12-5-9-19(10-6-12)11-13-16-17-18-20(13)8-4-2/h12H,3-11H2,1-2H3,(H,15,21). The normalized spacial score (nSPS) is 17.0. The smallest absolute Gasteiger partial charge is 0.223 e. The van der Waals surface area contributed by atoms with E-state index in [4.69, 9.17) is 0 Å². The van der Waals surface area contributed by atoms with Gasteiger partial charge in [0.15, 0.2) is 5.82 Å². The lowest BCUT2D eigenvalue weighted by molar-refractivity contribution is -0.126. The van der Waals surface area contributed by atoms with E-state index in [0.717, 1.165) is 64.2 Å². The van der Waals surface area contributed by atoms with Crippen molar-refractivity contribution in [2.24, 2.45) is 5.92 Å². The second-order valence-corrected chi connectivity index (χ2v) is 5.66. The maximum absolute atomic E-state index is 12.0. The molecule has 1 fully saturated rings. The van der Waals surface area contributed by atoms with Crippen molar-refractivity contribution < 1.29 is 4.79 Å². The molecule has 0 radical (unpaired) electrons. The fourth-order valence-electron chi connectivity index (χ4n) is 2.67. The van der Waals surface area contributed by atoms with E-state index in [1.165, 1.54) is 0 Å². The molecule has 118 valence electrons. The summed E-state index contributed by atoms with van der Waals surface area (Å²) in [6.45, 7) is 8.47. The Bertz CT molecular complexity index is 438. The van der Waals surface area contributed by atoms with Gasteiger partial charge in [0, 0.05) is 19.0 Å². The molecule has 0 unspecified atom stereocenters. The Morgan fingerprint density at radius 1 is 1.29 bits per heavy atom. The van der Waals surface area contributed by atoms with Crippen LogP contribution in [-0.2, 0) is 17.9 Å². The van der Waals surface area contributed by atoms with Crippen LogP contribution >= 0.6 is 0 Å². The van der Waals surface area contributed by atoms with E-state index in [-0.39, 0.29) is 11.8 Å². The van der Waals surface area contributed by atoms with Gasteiger partial charge in [-0.1, -0.05) is 13.8 Å². The summed E-state index contributed by atoms with van der Waals surface area (Å²) < 4.78 is 1.88. The van der Waals surface area contributed by atoms with Gasteiger partial charge < -0.3 is 5.32 Å². The zero-order valence-electron chi connectivity index (χ0n) is 13.1. The van der Waals surface area contributed by atoms with Crippen molar-refractivity contribution in [3.63, 3.8) is 0 Å². The van der Waals surface area contributed by atoms with Crippen LogP contribution in [0, 0.1) is 5.92 Å². The lowest BCUT2D eigenvalue weighted by atomic mass is 9.96. The summed E-state index contributed by atoms with van der Waals surface area (Å²) in [5.74, 6) is 1.30. The Labute approximate surface area is 126 Å². The van der Waals surface area contributed by atoms with Gasteiger partial charge in [0.2, 0.25) is 5.91 Å². The third-order valence-electron chi connectivity index (χ3n) is 3.91. The molecule has 0 atom stereocenters. The average molecular weight is 294 g/mol. The SMILES string of the molecule is CCCNC(=O)C1CCN(Cc2nnnn2CCC)CC1. The summed E-state index contributed by atoms with van der Waals surface area (Å²) in [4.78, 5) is 14.3. The number of rotatable bonds is 7. The molecule has 1 saturated heterocycles. The highest BCUT2D eigenvalue weighted by Crippen LogP contribution is 2.18. The number of aryl methyl sites for hydroxylation is 1. The van der Waals surface area contributed by atoms with Crippen LogP contribution in [-0.4, -0.2) is 50.6 Å². The highest BCUT2D eigenvalue weighted by Gasteiger charge is 2.25. The van der Waals surface area contributed by atoms with Gasteiger partial charge >= 0.3 is 0 Å². The van der Waals surface area contributed by atoms with E-state index < -0.39 is 0 Å². The van der Waals surface area contributed by atoms with Gasteiger partial charge in [-0.2, -0.15) is 0 Å². The summed E-state index contributed by atoms with van der Waals surface area (Å²) in [5.41, 5.74) is 0. The largest absolute Gasteiger partial charge is 0.356 e. The number of carbonyl (C=O) groups is 1. The van der Waals surface area contributed by atoms with E-state index in [9.17, 15) is 4.79 Å². The van der Waals surface area contributed by atoms with E-state index in [0.29, 0.717) is 0 Å². The molecule has 21 heavy (non-hydrogen) atoms. The Morgan fingerprint density at radius 2 is 2.05 bits per heavy atom. The van der Waals surface area contributed by atoms with Crippen molar-refractivity contribution in [1.29, 1.82) is 0 Å². The van der Waals surface area contributed by atoms with Gasteiger partial charge in [-0.3, -0.25) is 9.69 Å². The zero-order chi connectivity index (χ0) is 15.1. The zero-order valence-corrected chi connectivity index (χ0v) is 13.1. The van der Waals surface area contributed by atoms with Crippen molar-refractivity contribution in [2.45, 2.75) is 52.6 Å². The van der Waals surface area contributed by atoms with Gasteiger partial charge in [0.1, 0.15) is 0 Å². The van der Waals surface area contributed by atoms with Gasteiger partial charge in [0.25, 0.3) is 0 Å². The molecule has 0 saturated carbocycles. The van der Waals surface area contributed by atoms with Crippen molar-refractivity contribution in [3.05, 3.63) is 5.82 Å². The molecule has 0 spiro atoms. The van der Waals surface area contributed by atoms with Crippen molar-refractivity contribution in [3.8, 4) is 0 Å². The van der Waals surface area contributed by atoms with Gasteiger partial charge in [-0.05, 0) is 49.2 Å². The number of nitrogens with one attached hydrogen (secondary N) is 1. The number of amides is 1. The van der Waals surface area contributed by atoms with Crippen LogP contribution in [0.4, 0.5) is 0 Å². The number of aromatic nitrogens is 4. The molecule has 1 amide bonds. The molecule has 1 aromatic heterocycles. The van der Waals surface area contributed by atoms with Crippen molar-refractivity contribution in [2.75, 3.05) is 19.6 Å². The van der Waals surface area contributed by atoms with Gasteiger partial charge in [-0.15, -0.1) is 5.10 Å². The van der Waals surface area contributed by atoms with Crippen LogP contribution < -0.4 is 5.32 Å².